The Morgan fingerprint density at radius 3 is 2.59 bits per heavy atom. The van der Waals surface area contributed by atoms with Crippen molar-refractivity contribution in [1.82, 2.24) is 5.32 Å². The smallest absolute Gasteiger partial charge is 0.407 e. The van der Waals surface area contributed by atoms with E-state index in [1.54, 1.807) is 0 Å². The highest BCUT2D eigenvalue weighted by Gasteiger charge is 2.66. The molecule has 5 heteroatoms. The molecule has 0 aromatic rings. The maximum Gasteiger partial charge on any atom is 0.407 e. The van der Waals surface area contributed by atoms with Crippen LogP contribution in [0.4, 0.5) is 4.79 Å². The van der Waals surface area contributed by atoms with Crippen molar-refractivity contribution in [2.24, 2.45) is 29.1 Å². The summed E-state index contributed by atoms with van der Waals surface area (Å²) in [5.74, 6) is 1.65. The van der Waals surface area contributed by atoms with Crippen molar-refractivity contribution in [3.8, 4) is 0 Å². The minimum atomic E-state index is -0.750. The standard InChI is InChI=1S/C17H27NO4/c1-16(2,3)22-15(21)18-9-17(8-14(19)20)12-5-4-10-6-11(12)13(17)7-10/h10-13H,4-9H2,1-3H3,(H,18,21)(H,19,20)/t10-,11-,12+,13-,17-/m0/s1. The van der Waals surface area contributed by atoms with E-state index in [0.717, 1.165) is 18.8 Å². The fourth-order valence-corrected chi connectivity index (χ4v) is 5.44. The largest absolute Gasteiger partial charge is 0.481 e. The van der Waals surface area contributed by atoms with Crippen LogP contribution in [0.5, 0.6) is 0 Å². The van der Waals surface area contributed by atoms with Gasteiger partial charge in [0.05, 0.1) is 6.42 Å². The number of fused-ring (bicyclic) bond motifs is 1. The van der Waals surface area contributed by atoms with E-state index in [-0.39, 0.29) is 11.8 Å². The SMILES string of the molecule is CC(C)(C)OC(=O)NC[C@@]1(CC(=O)O)[C@@H]2CC[C@H]3C[C@@H]2[C@@H]1C3. The first-order chi connectivity index (χ1) is 10.2. The zero-order chi connectivity index (χ0) is 16.1. The molecular formula is C17H27NO4. The molecule has 0 spiro atoms. The molecular weight excluding hydrogens is 282 g/mol. The average Bonchev–Trinajstić information content (AvgIpc) is 2.56. The molecule has 2 bridgehead atoms. The zero-order valence-electron chi connectivity index (χ0n) is 13.7. The van der Waals surface area contributed by atoms with Gasteiger partial charge in [-0.05, 0) is 63.7 Å². The summed E-state index contributed by atoms with van der Waals surface area (Å²) >= 11 is 0. The van der Waals surface area contributed by atoms with Crippen molar-refractivity contribution in [2.45, 2.75) is 58.5 Å². The van der Waals surface area contributed by atoms with Crippen LogP contribution < -0.4 is 5.32 Å². The lowest BCUT2D eigenvalue weighted by Crippen LogP contribution is -2.60. The molecule has 0 aliphatic heterocycles. The Morgan fingerprint density at radius 2 is 1.95 bits per heavy atom. The van der Waals surface area contributed by atoms with Gasteiger partial charge in [-0.2, -0.15) is 0 Å². The lowest BCUT2D eigenvalue weighted by Gasteiger charge is -2.59. The van der Waals surface area contributed by atoms with E-state index in [2.05, 4.69) is 5.32 Å². The number of amides is 1. The van der Waals surface area contributed by atoms with Gasteiger partial charge in [0.25, 0.3) is 0 Å². The molecule has 0 aromatic carbocycles. The molecule has 124 valence electrons. The normalized spacial score (nSPS) is 39.0. The number of hydrogen-bond acceptors (Lipinski definition) is 3. The number of rotatable bonds is 4. The van der Waals surface area contributed by atoms with Crippen LogP contribution in [0.25, 0.3) is 0 Å². The Labute approximate surface area is 131 Å². The van der Waals surface area contributed by atoms with Gasteiger partial charge in [-0.25, -0.2) is 4.79 Å². The number of carbonyl (C=O) groups excluding carboxylic acids is 1. The molecule has 22 heavy (non-hydrogen) atoms. The van der Waals surface area contributed by atoms with Crippen LogP contribution in [-0.4, -0.2) is 29.3 Å². The molecule has 3 fully saturated rings. The average molecular weight is 309 g/mol. The molecule has 2 N–H and O–H groups in total. The third-order valence-electron chi connectivity index (χ3n) is 6.03. The van der Waals surface area contributed by atoms with Gasteiger partial charge in [-0.1, -0.05) is 6.42 Å². The topological polar surface area (TPSA) is 75.6 Å². The van der Waals surface area contributed by atoms with E-state index in [9.17, 15) is 14.7 Å². The van der Waals surface area contributed by atoms with Crippen molar-refractivity contribution in [3.63, 3.8) is 0 Å². The molecule has 0 radical (unpaired) electrons. The summed E-state index contributed by atoms with van der Waals surface area (Å²) in [6.07, 6.45) is 4.49. The number of carboxylic acid groups (broad SMARTS) is 1. The van der Waals surface area contributed by atoms with Crippen molar-refractivity contribution in [1.29, 1.82) is 0 Å². The third kappa shape index (κ3) is 2.59. The fraction of sp³-hybridized carbons (Fsp3) is 0.882. The second-order valence-electron chi connectivity index (χ2n) is 8.45. The van der Waals surface area contributed by atoms with E-state index < -0.39 is 17.7 Å². The molecule has 5 nitrogen and oxygen atoms in total. The lowest BCUT2D eigenvalue weighted by atomic mass is 9.45. The van der Waals surface area contributed by atoms with Crippen molar-refractivity contribution < 1.29 is 19.4 Å². The van der Waals surface area contributed by atoms with Crippen LogP contribution in [0, 0.1) is 29.1 Å². The highest BCUT2D eigenvalue weighted by Crippen LogP contribution is 2.70. The Bertz CT molecular complexity index is 476. The first-order valence-electron chi connectivity index (χ1n) is 8.40. The van der Waals surface area contributed by atoms with Gasteiger partial charge in [0.15, 0.2) is 0 Å². The Kier molecular flexibility index (Phi) is 3.65. The monoisotopic (exact) mass is 309 g/mol. The van der Waals surface area contributed by atoms with E-state index in [1.165, 1.54) is 12.8 Å². The van der Waals surface area contributed by atoms with Gasteiger partial charge in [0.2, 0.25) is 0 Å². The number of ether oxygens (including phenoxy) is 1. The zero-order valence-corrected chi connectivity index (χ0v) is 13.7. The molecule has 3 aliphatic rings. The van der Waals surface area contributed by atoms with E-state index in [1.807, 2.05) is 20.8 Å². The maximum atomic E-state index is 11.9. The van der Waals surface area contributed by atoms with Gasteiger partial charge in [0, 0.05) is 12.0 Å². The van der Waals surface area contributed by atoms with Gasteiger partial charge in [-0.15, -0.1) is 0 Å². The summed E-state index contributed by atoms with van der Waals surface area (Å²) in [4.78, 5) is 23.3. The van der Waals surface area contributed by atoms with E-state index >= 15 is 0 Å². The maximum absolute atomic E-state index is 11.9. The second kappa shape index (κ2) is 5.14. The Balaban J connectivity index is 1.69. The van der Waals surface area contributed by atoms with Crippen molar-refractivity contribution >= 4 is 12.1 Å². The van der Waals surface area contributed by atoms with Crippen LogP contribution in [0.3, 0.4) is 0 Å². The van der Waals surface area contributed by atoms with Crippen molar-refractivity contribution in [3.05, 3.63) is 0 Å². The molecule has 0 saturated heterocycles. The Hall–Kier alpha value is -1.26. The Morgan fingerprint density at radius 1 is 1.23 bits per heavy atom. The first kappa shape index (κ1) is 15.6. The van der Waals surface area contributed by atoms with Crippen LogP contribution >= 0.6 is 0 Å². The molecule has 0 aromatic heterocycles. The minimum Gasteiger partial charge on any atom is -0.481 e. The number of aliphatic carboxylic acids is 1. The van der Waals surface area contributed by atoms with Gasteiger partial charge >= 0.3 is 12.1 Å². The molecule has 1 amide bonds. The molecule has 3 rings (SSSR count). The third-order valence-corrected chi connectivity index (χ3v) is 6.03. The number of carboxylic acids is 1. The highest BCUT2D eigenvalue weighted by atomic mass is 16.6. The van der Waals surface area contributed by atoms with Crippen LogP contribution in [-0.2, 0) is 9.53 Å². The fourth-order valence-electron chi connectivity index (χ4n) is 5.44. The minimum absolute atomic E-state index is 0.168. The van der Waals surface area contributed by atoms with Gasteiger partial charge in [0.1, 0.15) is 5.60 Å². The number of nitrogens with one attached hydrogen (secondary N) is 1. The quantitative estimate of drug-likeness (QED) is 0.837. The lowest BCUT2D eigenvalue weighted by molar-refractivity contribution is -0.157. The summed E-state index contributed by atoms with van der Waals surface area (Å²) in [6.45, 7) is 5.93. The second-order valence-corrected chi connectivity index (χ2v) is 8.45. The van der Waals surface area contributed by atoms with Crippen LogP contribution in [0.2, 0.25) is 0 Å². The number of hydrogen-bond donors (Lipinski definition) is 2. The summed E-state index contributed by atoms with van der Waals surface area (Å²) in [5, 5.41) is 12.2. The molecule has 0 unspecified atom stereocenters. The summed E-state index contributed by atoms with van der Waals surface area (Å²) < 4.78 is 5.30. The predicted molar refractivity (Wildman–Crippen MR) is 81.4 cm³/mol. The van der Waals surface area contributed by atoms with Gasteiger partial charge in [-0.3, -0.25) is 4.79 Å². The van der Waals surface area contributed by atoms with Crippen LogP contribution in [0.1, 0.15) is 52.9 Å². The molecule has 3 saturated carbocycles. The predicted octanol–water partition coefficient (Wildman–Crippen LogP) is 3.04. The number of carbonyl (C=O) groups is 2. The van der Waals surface area contributed by atoms with Crippen LogP contribution in [0.15, 0.2) is 0 Å². The van der Waals surface area contributed by atoms with E-state index in [4.69, 9.17) is 4.74 Å². The van der Waals surface area contributed by atoms with Crippen molar-refractivity contribution in [2.75, 3.05) is 6.54 Å². The molecule has 0 heterocycles. The molecule has 3 aliphatic carbocycles. The summed E-state index contributed by atoms with van der Waals surface area (Å²) in [7, 11) is 0. The summed E-state index contributed by atoms with van der Waals surface area (Å²) in [6, 6.07) is 0. The summed E-state index contributed by atoms with van der Waals surface area (Å²) in [5.41, 5.74) is -0.781. The van der Waals surface area contributed by atoms with Gasteiger partial charge < -0.3 is 15.2 Å². The van der Waals surface area contributed by atoms with E-state index in [0.29, 0.717) is 24.3 Å². The number of alkyl carbamates (subject to hydrolysis) is 1. The molecule has 5 atom stereocenters. The first-order valence-corrected chi connectivity index (χ1v) is 8.40. The highest BCUT2D eigenvalue weighted by molar-refractivity contribution is 5.70.